The monoisotopic (exact) mass is 407 g/mol. The van der Waals surface area contributed by atoms with Crippen LogP contribution in [-0.2, 0) is 0 Å². The molecule has 0 radical (unpaired) electrons. The fourth-order valence-electron chi connectivity index (χ4n) is 3.12. The quantitative estimate of drug-likeness (QED) is 0.453. The van der Waals surface area contributed by atoms with Crippen molar-refractivity contribution in [2.24, 2.45) is 0 Å². The predicted octanol–water partition coefficient (Wildman–Crippen LogP) is 4.21. The third kappa shape index (κ3) is 4.08. The number of amides is 1. The van der Waals surface area contributed by atoms with Gasteiger partial charge in [-0.2, -0.15) is 5.10 Å². The van der Waals surface area contributed by atoms with Crippen molar-refractivity contribution in [1.29, 1.82) is 0 Å². The van der Waals surface area contributed by atoms with Crippen LogP contribution in [0.4, 0.5) is 17.2 Å². The third-order valence-corrected chi connectivity index (χ3v) is 4.64. The Balaban J connectivity index is 1.27. The normalized spacial score (nSPS) is 10.7. The maximum absolute atomic E-state index is 12.6. The maximum atomic E-state index is 12.6. The van der Waals surface area contributed by atoms with E-state index in [2.05, 4.69) is 30.7 Å². The summed E-state index contributed by atoms with van der Waals surface area (Å²) in [5.74, 6) is 1.04. The number of hydrogen-bond acceptors (Lipinski definition) is 6. The minimum atomic E-state index is -0.258. The summed E-state index contributed by atoms with van der Waals surface area (Å²) in [6.07, 6.45) is 4.98. The van der Waals surface area contributed by atoms with E-state index in [1.807, 2.05) is 66.9 Å². The average molecular weight is 407 g/mol. The number of rotatable bonds is 5. The first-order valence-electron chi connectivity index (χ1n) is 9.61. The minimum absolute atomic E-state index is 0.258. The van der Waals surface area contributed by atoms with Crippen LogP contribution in [0.3, 0.4) is 0 Å². The summed E-state index contributed by atoms with van der Waals surface area (Å²) >= 11 is 0. The second kappa shape index (κ2) is 8.03. The van der Waals surface area contributed by atoms with E-state index < -0.39 is 0 Å². The van der Waals surface area contributed by atoms with Gasteiger partial charge in [-0.3, -0.25) is 4.79 Å². The Kier molecular flexibility index (Phi) is 4.78. The number of carbonyl (C=O) groups is 1. The zero-order chi connectivity index (χ0) is 21.0. The highest BCUT2D eigenvalue weighted by Gasteiger charge is 2.09. The van der Waals surface area contributed by atoms with Crippen LogP contribution in [0.5, 0.6) is 0 Å². The van der Waals surface area contributed by atoms with Crippen molar-refractivity contribution in [2.45, 2.75) is 0 Å². The Morgan fingerprint density at radius 3 is 2.55 bits per heavy atom. The molecule has 0 saturated heterocycles. The van der Waals surface area contributed by atoms with Crippen LogP contribution in [0.15, 0.2) is 91.5 Å². The molecule has 8 heteroatoms. The molecule has 0 saturated carbocycles. The van der Waals surface area contributed by atoms with E-state index in [0.29, 0.717) is 23.0 Å². The molecule has 2 aromatic carbocycles. The first-order valence-corrected chi connectivity index (χ1v) is 9.61. The predicted molar refractivity (Wildman–Crippen MR) is 119 cm³/mol. The number of benzene rings is 2. The molecule has 0 fully saturated rings. The lowest BCUT2D eigenvalue weighted by Gasteiger charge is -2.09. The van der Waals surface area contributed by atoms with Crippen molar-refractivity contribution in [3.63, 3.8) is 0 Å². The molecule has 150 valence electrons. The van der Waals surface area contributed by atoms with Gasteiger partial charge in [0.25, 0.3) is 5.91 Å². The standard InChI is InChI=1S/C23H17N7O/c31-23(20-11-6-16-4-1-2-5-19(16)29-20)28-18-9-7-17(8-10-18)27-21-14-22(25-15-24-21)30-13-3-12-26-30/h1-15H,(H,28,31)(H,24,25,27). The van der Waals surface area contributed by atoms with E-state index >= 15 is 0 Å². The van der Waals surface area contributed by atoms with E-state index in [9.17, 15) is 4.79 Å². The van der Waals surface area contributed by atoms with Crippen molar-refractivity contribution >= 4 is 34.0 Å². The molecule has 3 aromatic heterocycles. The zero-order valence-electron chi connectivity index (χ0n) is 16.3. The van der Waals surface area contributed by atoms with Crippen molar-refractivity contribution in [2.75, 3.05) is 10.6 Å². The highest BCUT2D eigenvalue weighted by molar-refractivity contribution is 6.04. The molecule has 1 amide bonds. The van der Waals surface area contributed by atoms with Gasteiger partial charge in [-0.25, -0.2) is 19.6 Å². The van der Waals surface area contributed by atoms with Gasteiger partial charge >= 0.3 is 0 Å². The van der Waals surface area contributed by atoms with Crippen molar-refractivity contribution < 1.29 is 4.79 Å². The minimum Gasteiger partial charge on any atom is -0.340 e. The molecular formula is C23H17N7O. The van der Waals surface area contributed by atoms with Gasteiger partial charge in [0.1, 0.15) is 17.8 Å². The number of anilines is 3. The maximum Gasteiger partial charge on any atom is 0.274 e. The van der Waals surface area contributed by atoms with Crippen molar-refractivity contribution in [3.05, 3.63) is 97.2 Å². The van der Waals surface area contributed by atoms with Crippen LogP contribution < -0.4 is 10.6 Å². The molecule has 0 aliphatic heterocycles. The number of nitrogens with zero attached hydrogens (tertiary/aromatic N) is 5. The Bertz CT molecular complexity index is 1350. The van der Waals surface area contributed by atoms with Gasteiger partial charge in [0, 0.05) is 35.2 Å². The van der Waals surface area contributed by atoms with E-state index in [0.717, 1.165) is 16.6 Å². The number of carbonyl (C=O) groups excluding carboxylic acids is 1. The number of para-hydroxylation sites is 1. The molecule has 31 heavy (non-hydrogen) atoms. The lowest BCUT2D eigenvalue weighted by molar-refractivity contribution is 0.102. The molecule has 2 N–H and O–H groups in total. The lowest BCUT2D eigenvalue weighted by atomic mass is 10.2. The molecule has 0 unspecified atom stereocenters. The van der Waals surface area contributed by atoms with Crippen LogP contribution in [0.25, 0.3) is 16.7 Å². The topological polar surface area (TPSA) is 97.6 Å². The highest BCUT2D eigenvalue weighted by Crippen LogP contribution is 2.19. The van der Waals surface area contributed by atoms with Crippen molar-refractivity contribution in [1.82, 2.24) is 24.7 Å². The van der Waals surface area contributed by atoms with Crippen LogP contribution in [0.1, 0.15) is 10.5 Å². The lowest BCUT2D eigenvalue weighted by Crippen LogP contribution is -2.13. The first kappa shape index (κ1) is 18.4. The van der Waals surface area contributed by atoms with Crippen molar-refractivity contribution in [3.8, 4) is 5.82 Å². The van der Waals surface area contributed by atoms with Gasteiger partial charge in [-0.05, 0) is 42.5 Å². The third-order valence-electron chi connectivity index (χ3n) is 4.64. The first-order chi connectivity index (χ1) is 15.2. The Hall–Kier alpha value is -4.59. The summed E-state index contributed by atoms with van der Waals surface area (Å²) < 4.78 is 1.66. The van der Waals surface area contributed by atoms with Gasteiger partial charge in [-0.1, -0.05) is 24.3 Å². The summed E-state index contributed by atoms with van der Waals surface area (Å²) in [6, 6.07) is 22.3. The zero-order valence-corrected chi connectivity index (χ0v) is 16.3. The molecule has 0 aliphatic rings. The number of aromatic nitrogens is 5. The van der Waals surface area contributed by atoms with Crippen LogP contribution in [0.2, 0.25) is 0 Å². The molecule has 0 atom stereocenters. The van der Waals surface area contributed by atoms with E-state index in [4.69, 9.17) is 0 Å². The highest BCUT2D eigenvalue weighted by atomic mass is 16.1. The van der Waals surface area contributed by atoms with Crippen LogP contribution in [0, 0.1) is 0 Å². The average Bonchev–Trinajstić information content (AvgIpc) is 3.35. The molecule has 3 heterocycles. The Labute approximate surface area is 177 Å². The second-order valence-electron chi connectivity index (χ2n) is 6.76. The second-order valence-corrected chi connectivity index (χ2v) is 6.76. The fourth-order valence-corrected chi connectivity index (χ4v) is 3.12. The number of pyridine rings is 1. The van der Waals surface area contributed by atoms with E-state index in [1.54, 1.807) is 23.0 Å². The van der Waals surface area contributed by atoms with Gasteiger partial charge in [0.15, 0.2) is 5.82 Å². The largest absolute Gasteiger partial charge is 0.340 e. The molecule has 5 rings (SSSR count). The Morgan fingerprint density at radius 2 is 1.71 bits per heavy atom. The fraction of sp³-hybridized carbons (Fsp3) is 0. The molecule has 5 aromatic rings. The van der Waals surface area contributed by atoms with Gasteiger partial charge in [-0.15, -0.1) is 0 Å². The summed E-state index contributed by atoms with van der Waals surface area (Å²) in [4.78, 5) is 25.5. The van der Waals surface area contributed by atoms with E-state index in [1.165, 1.54) is 6.33 Å². The summed E-state index contributed by atoms with van der Waals surface area (Å²) in [5, 5.41) is 11.3. The summed E-state index contributed by atoms with van der Waals surface area (Å²) in [7, 11) is 0. The molecule has 8 nitrogen and oxygen atoms in total. The number of fused-ring (bicyclic) bond motifs is 1. The summed E-state index contributed by atoms with van der Waals surface area (Å²) in [6.45, 7) is 0. The molecule has 0 bridgehead atoms. The number of nitrogens with one attached hydrogen (secondary N) is 2. The molecular weight excluding hydrogens is 390 g/mol. The van der Waals surface area contributed by atoms with Crippen LogP contribution in [-0.4, -0.2) is 30.6 Å². The summed E-state index contributed by atoms with van der Waals surface area (Å²) in [5.41, 5.74) is 2.65. The SMILES string of the molecule is O=C(Nc1ccc(Nc2cc(-n3cccn3)ncn2)cc1)c1ccc2ccccc2n1. The Morgan fingerprint density at radius 1 is 0.871 bits per heavy atom. The van der Waals surface area contributed by atoms with Gasteiger partial charge in [0.05, 0.1) is 5.52 Å². The molecule has 0 spiro atoms. The van der Waals surface area contributed by atoms with Gasteiger partial charge < -0.3 is 10.6 Å². The molecule has 0 aliphatic carbocycles. The van der Waals surface area contributed by atoms with E-state index in [-0.39, 0.29) is 5.91 Å². The number of hydrogen-bond donors (Lipinski definition) is 2. The smallest absolute Gasteiger partial charge is 0.274 e. The van der Waals surface area contributed by atoms with Crippen LogP contribution >= 0.6 is 0 Å². The van der Waals surface area contributed by atoms with Gasteiger partial charge in [0.2, 0.25) is 0 Å².